The van der Waals surface area contributed by atoms with Crippen molar-refractivity contribution in [3.63, 3.8) is 0 Å². The van der Waals surface area contributed by atoms with Crippen molar-refractivity contribution in [2.45, 2.75) is 52.9 Å². The lowest BCUT2D eigenvalue weighted by Gasteiger charge is -2.40. The fourth-order valence-electron chi connectivity index (χ4n) is 2.09. The number of rotatable bonds is 4. The van der Waals surface area contributed by atoms with Gasteiger partial charge < -0.3 is 10.2 Å². The molecule has 0 aromatic rings. The van der Waals surface area contributed by atoms with E-state index in [0.717, 1.165) is 24.7 Å². The molecule has 94 valence electrons. The van der Waals surface area contributed by atoms with Gasteiger partial charge in [0.1, 0.15) is 0 Å². The smallest absolute Gasteiger partial charge is 0.168 e. The maximum atomic E-state index is 5.41. The van der Waals surface area contributed by atoms with Crippen LogP contribution in [0.2, 0.25) is 0 Å². The molecule has 0 aliphatic carbocycles. The summed E-state index contributed by atoms with van der Waals surface area (Å²) in [6, 6.07) is 0. The second-order valence-electron chi connectivity index (χ2n) is 5.24. The van der Waals surface area contributed by atoms with Crippen molar-refractivity contribution in [1.29, 1.82) is 0 Å². The summed E-state index contributed by atoms with van der Waals surface area (Å²) in [5, 5.41) is 4.32. The summed E-state index contributed by atoms with van der Waals surface area (Å²) in [6.45, 7) is 10.2. The summed E-state index contributed by atoms with van der Waals surface area (Å²) in [6.07, 6.45) is 6.28. The molecular weight excluding hydrogens is 216 g/mol. The zero-order chi connectivity index (χ0) is 12.0. The zero-order valence-corrected chi connectivity index (χ0v) is 11.8. The molecule has 0 radical (unpaired) electrons. The van der Waals surface area contributed by atoms with E-state index in [9.17, 15) is 0 Å². The fourth-order valence-corrected chi connectivity index (χ4v) is 2.37. The molecule has 1 rings (SSSR count). The molecule has 0 saturated carbocycles. The molecule has 0 spiro atoms. The standard InChI is InChI=1S/C13H26N2S/c1-4-6-9-14-12(16)15-10-7-13(3,5-2)8-11-15/h4-11H2,1-3H3,(H,14,16). The second-order valence-corrected chi connectivity index (χ2v) is 5.62. The molecule has 1 aliphatic rings. The predicted octanol–water partition coefficient (Wildman–Crippen LogP) is 3.17. The van der Waals surface area contributed by atoms with Crippen LogP contribution in [-0.4, -0.2) is 29.6 Å². The fraction of sp³-hybridized carbons (Fsp3) is 0.923. The van der Waals surface area contributed by atoms with Gasteiger partial charge in [0.05, 0.1) is 0 Å². The van der Waals surface area contributed by atoms with E-state index in [4.69, 9.17) is 12.2 Å². The van der Waals surface area contributed by atoms with Crippen molar-refractivity contribution < 1.29 is 0 Å². The first-order valence-electron chi connectivity index (χ1n) is 6.64. The van der Waals surface area contributed by atoms with Crippen LogP contribution < -0.4 is 5.32 Å². The Morgan fingerprint density at radius 1 is 1.31 bits per heavy atom. The van der Waals surface area contributed by atoms with Crippen molar-refractivity contribution in [3.8, 4) is 0 Å². The molecule has 1 fully saturated rings. The number of likely N-dealkylation sites (tertiary alicyclic amines) is 1. The molecule has 0 bridgehead atoms. The van der Waals surface area contributed by atoms with Crippen LogP contribution in [0.1, 0.15) is 52.9 Å². The summed E-state index contributed by atoms with van der Waals surface area (Å²) in [5.41, 5.74) is 0.551. The first-order chi connectivity index (χ1) is 7.61. The Kier molecular flexibility index (Phi) is 5.53. The van der Waals surface area contributed by atoms with Crippen LogP contribution in [0, 0.1) is 5.41 Å². The molecule has 0 amide bonds. The van der Waals surface area contributed by atoms with Crippen LogP contribution in [0.3, 0.4) is 0 Å². The molecule has 0 aromatic heterocycles. The summed E-state index contributed by atoms with van der Waals surface area (Å²) < 4.78 is 0. The molecule has 0 unspecified atom stereocenters. The lowest BCUT2D eigenvalue weighted by atomic mass is 9.78. The average molecular weight is 242 g/mol. The van der Waals surface area contributed by atoms with Crippen LogP contribution in [0.5, 0.6) is 0 Å². The minimum absolute atomic E-state index is 0.551. The third-order valence-corrected chi connectivity index (χ3v) is 4.32. The van der Waals surface area contributed by atoms with E-state index >= 15 is 0 Å². The molecule has 3 heteroatoms. The molecule has 1 saturated heterocycles. The van der Waals surface area contributed by atoms with Crippen molar-refractivity contribution in [2.75, 3.05) is 19.6 Å². The first kappa shape index (κ1) is 13.8. The normalized spacial score (nSPS) is 19.6. The van der Waals surface area contributed by atoms with Gasteiger partial charge >= 0.3 is 0 Å². The monoisotopic (exact) mass is 242 g/mol. The highest BCUT2D eigenvalue weighted by Crippen LogP contribution is 2.33. The topological polar surface area (TPSA) is 15.3 Å². The number of thiocarbonyl (C=S) groups is 1. The Morgan fingerprint density at radius 2 is 1.94 bits per heavy atom. The van der Waals surface area contributed by atoms with Crippen molar-refractivity contribution >= 4 is 17.3 Å². The van der Waals surface area contributed by atoms with Crippen LogP contribution in [0.4, 0.5) is 0 Å². The Hall–Kier alpha value is -0.310. The van der Waals surface area contributed by atoms with Crippen molar-refractivity contribution in [2.24, 2.45) is 5.41 Å². The minimum atomic E-state index is 0.551. The lowest BCUT2D eigenvalue weighted by Crippen LogP contribution is -2.46. The lowest BCUT2D eigenvalue weighted by molar-refractivity contribution is 0.161. The summed E-state index contributed by atoms with van der Waals surface area (Å²) in [5.74, 6) is 0. The largest absolute Gasteiger partial charge is 0.363 e. The SMILES string of the molecule is CCCCNC(=S)N1CCC(C)(CC)CC1. The number of hydrogen-bond donors (Lipinski definition) is 1. The van der Waals surface area contributed by atoms with Gasteiger partial charge in [-0.1, -0.05) is 33.6 Å². The van der Waals surface area contributed by atoms with Gasteiger partial charge in [0.15, 0.2) is 5.11 Å². The van der Waals surface area contributed by atoms with E-state index in [1.54, 1.807) is 0 Å². The highest BCUT2D eigenvalue weighted by molar-refractivity contribution is 7.80. The van der Waals surface area contributed by atoms with E-state index in [1.807, 2.05) is 0 Å². The molecule has 2 nitrogen and oxygen atoms in total. The van der Waals surface area contributed by atoms with E-state index in [1.165, 1.54) is 32.1 Å². The molecule has 1 N–H and O–H groups in total. The highest BCUT2D eigenvalue weighted by Gasteiger charge is 2.28. The summed E-state index contributed by atoms with van der Waals surface area (Å²) >= 11 is 5.41. The number of hydrogen-bond acceptors (Lipinski definition) is 1. The Balaban J connectivity index is 2.27. The van der Waals surface area contributed by atoms with Gasteiger partial charge in [0.25, 0.3) is 0 Å². The maximum Gasteiger partial charge on any atom is 0.168 e. The van der Waals surface area contributed by atoms with Gasteiger partial charge in [-0.15, -0.1) is 0 Å². The zero-order valence-electron chi connectivity index (χ0n) is 11.0. The Bertz CT molecular complexity index is 220. The van der Waals surface area contributed by atoms with Crippen LogP contribution in [0.15, 0.2) is 0 Å². The Morgan fingerprint density at radius 3 is 2.44 bits per heavy atom. The molecular formula is C13H26N2S. The summed E-state index contributed by atoms with van der Waals surface area (Å²) in [4.78, 5) is 2.34. The third-order valence-electron chi connectivity index (χ3n) is 3.92. The highest BCUT2D eigenvalue weighted by atomic mass is 32.1. The molecule has 1 heterocycles. The number of nitrogens with one attached hydrogen (secondary N) is 1. The molecule has 1 aliphatic heterocycles. The Labute approximate surface area is 106 Å². The van der Waals surface area contributed by atoms with Gasteiger partial charge in [-0.2, -0.15) is 0 Å². The first-order valence-corrected chi connectivity index (χ1v) is 7.05. The molecule has 0 atom stereocenters. The van der Waals surface area contributed by atoms with Crippen LogP contribution >= 0.6 is 12.2 Å². The van der Waals surface area contributed by atoms with Gasteiger partial charge in [0, 0.05) is 19.6 Å². The van der Waals surface area contributed by atoms with Gasteiger partial charge in [-0.25, -0.2) is 0 Å². The maximum absolute atomic E-state index is 5.41. The third kappa shape index (κ3) is 3.93. The van der Waals surface area contributed by atoms with E-state index in [0.29, 0.717) is 5.41 Å². The van der Waals surface area contributed by atoms with Gasteiger partial charge in [-0.05, 0) is 36.9 Å². The van der Waals surface area contributed by atoms with E-state index < -0.39 is 0 Å². The van der Waals surface area contributed by atoms with Crippen LogP contribution in [-0.2, 0) is 0 Å². The van der Waals surface area contributed by atoms with Crippen LogP contribution in [0.25, 0.3) is 0 Å². The summed E-state index contributed by atoms with van der Waals surface area (Å²) in [7, 11) is 0. The van der Waals surface area contributed by atoms with Gasteiger partial charge in [-0.3, -0.25) is 0 Å². The number of piperidine rings is 1. The molecule has 0 aromatic carbocycles. The molecule has 16 heavy (non-hydrogen) atoms. The van der Waals surface area contributed by atoms with E-state index in [2.05, 4.69) is 31.0 Å². The quantitative estimate of drug-likeness (QED) is 0.602. The number of nitrogens with zero attached hydrogens (tertiary/aromatic N) is 1. The minimum Gasteiger partial charge on any atom is -0.363 e. The average Bonchev–Trinajstić information content (AvgIpc) is 2.30. The predicted molar refractivity (Wildman–Crippen MR) is 74.7 cm³/mol. The van der Waals surface area contributed by atoms with Crippen molar-refractivity contribution in [3.05, 3.63) is 0 Å². The second kappa shape index (κ2) is 6.43. The van der Waals surface area contributed by atoms with Crippen molar-refractivity contribution in [1.82, 2.24) is 10.2 Å². The van der Waals surface area contributed by atoms with E-state index in [-0.39, 0.29) is 0 Å². The van der Waals surface area contributed by atoms with Gasteiger partial charge in [0.2, 0.25) is 0 Å². The number of unbranched alkanes of at least 4 members (excludes halogenated alkanes) is 1.